The van der Waals surface area contributed by atoms with Gasteiger partial charge in [-0.1, -0.05) is 6.92 Å². The number of aryl methyl sites for hydroxylation is 1. The van der Waals surface area contributed by atoms with Crippen molar-refractivity contribution in [1.29, 1.82) is 5.26 Å². The van der Waals surface area contributed by atoms with Crippen LogP contribution < -0.4 is 5.73 Å². The second-order valence-electron chi connectivity index (χ2n) is 2.83. The molecule has 0 amide bonds. The second kappa shape index (κ2) is 4.46. The van der Waals surface area contributed by atoms with Gasteiger partial charge in [0.25, 0.3) is 0 Å². The lowest BCUT2D eigenvalue weighted by atomic mass is 10.1. The van der Waals surface area contributed by atoms with Crippen LogP contribution in [-0.4, -0.2) is 9.78 Å². The third kappa shape index (κ3) is 1.90. The van der Waals surface area contributed by atoms with Crippen LogP contribution in [0.4, 0.5) is 0 Å². The Bertz CT molecular complexity index is 411. The van der Waals surface area contributed by atoms with Gasteiger partial charge in [0.15, 0.2) is 0 Å². The fourth-order valence-corrected chi connectivity index (χ4v) is 1.65. The van der Waals surface area contributed by atoms with E-state index >= 15 is 0 Å². The Kier molecular flexibility index (Phi) is 3.52. The highest BCUT2D eigenvalue weighted by Crippen LogP contribution is 2.20. The van der Waals surface area contributed by atoms with E-state index in [4.69, 9.17) is 11.0 Å². The van der Waals surface area contributed by atoms with Crippen molar-refractivity contribution in [3.05, 3.63) is 21.0 Å². The number of aromatic nitrogens is 2. The number of allylic oxidation sites excluding steroid dienone is 1. The lowest BCUT2D eigenvalue weighted by Crippen LogP contribution is -2.02. The molecule has 4 nitrogen and oxygen atoms in total. The summed E-state index contributed by atoms with van der Waals surface area (Å²) in [7, 11) is 1.84. The fraction of sp³-hybridized carbons (Fsp3) is 0.333. The second-order valence-corrected chi connectivity index (χ2v) is 3.85. The number of nitrogens with zero attached hydrogens (tertiary/aromatic N) is 3. The van der Waals surface area contributed by atoms with Gasteiger partial charge in [-0.3, -0.25) is 4.68 Å². The van der Waals surface area contributed by atoms with Crippen LogP contribution in [0.2, 0.25) is 0 Å². The van der Waals surface area contributed by atoms with E-state index in [1.807, 2.05) is 14.0 Å². The number of hydrogen-bond acceptors (Lipinski definition) is 3. The van der Waals surface area contributed by atoms with E-state index < -0.39 is 0 Å². The highest BCUT2D eigenvalue weighted by molar-refractivity contribution is 14.1. The van der Waals surface area contributed by atoms with Crippen LogP contribution in [0.1, 0.15) is 18.9 Å². The topological polar surface area (TPSA) is 67.6 Å². The van der Waals surface area contributed by atoms with Crippen molar-refractivity contribution in [3.8, 4) is 6.07 Å². The van der Waals surface area contributed by atoms with E-state index in [0.29, 0.717) is 17.7 Å². The van der Waals surface area contributed by atoms with E-state index in [-0.39, 0.29) is 0 Å². The molecule has 0 fully saturated rings. The fourth-order valence-electron chi connectivity index (χ4n) is 1.10. The lowest BCUT2D eigenvalue weighted by molar-refractivity contribution is 0.747. The summed E-state index contributed by atoms with van der Waals surface area (Å²) in [5.41, 5.74) is 7.85. The molecule has 2 N–H and O–H groups in total. The number of rotatable bonds is 2. The molecule has 0 aliphatic carbocycles. The lowest BCUT2D eigenvalue weighted by Gasteiger charge is -2.01. The zero-order valence-corrected chi connectivity index (χ0v) is 10.2. The number of nitriles is 1. The smallest absolute Gasteiger partial charge is 0.108 e. The molecule has 0 bridgehead atoms. The van der Waals surface area contributed by atoms with Crippen LogP contribution >= 0.6 is 22.6 Å². The minimum absolute atomic E-state index is 0.535. The zero-order chi connectivity index (χ0) is 10.7. The monoisotopic (exact) mass is 302 g/mol. The van der Waals surface area contributed by atoms with Crippen LogP contribution in [-0.2, 0) is 7.05 Å². The average Bonchev–Trinajstić information content (AvgIpc) is 2.49. The van der Waals surface area contributed by atoms with Gasteiger partial charge >= 0.3 is 0 Å². The predicted octanol–water partition coefficient (Wildman–Crippen LogP) is 1.63. The molecule has 0 atom stereocenters. The van der Waals surface area contributed by atoms with Gasteiger partial charge in [-0.05, 0) is 29.0 Å². The molecule has 0 aliphatic rings. The molecule has 1 aromatic heterocycles. The molecule has 0 unspecified atom stereocenters. The Labute approximate surface area is 96.5 Å². The van der Waals surface area contributed by atoms with Gasteiger partial charge in [-0.25, -0.2) is 0 Å². The molecule has 0 aromatic carbocycles. The third-order valence-corrected chi connectivity index (χ3v) is 3.25. The Morgan fingerprint density at radius 3 is 2.79 bits per heavy atom. The summed E-state index contributed by atoms with van der Waals surface area (Å²) in [5, 5.41) is 12.9. The van der Waals surface area contributed by atoms with Crippen LogP contribution in [0.25, 0.3) is 5.70 Å². The predicted molar refractivity (Wildman–Crippen MR) is 62.9 cm³/mol. The van der Waals surface area contributed by atoms with E-state index in [1.165, 1.54) is 0 Å². The van der Waals surface area contributed by atoms with Crippen molar-refractivity contribution in [3.63, 3.8) is 0 Å². The van der Waals surface area contributed by atoms with E-state index in [1.54, 1.807) is 10.9 Å². The summed E-state index contributed by atoms with van der Waals surface area (Å²) in [6.45, 7) is 1.91. The number of nitrogens with two attached hydrogens (primary N) is 1. The Hall–Kier alpha value is -1.03. The van der Waals surface area contributed by atoms with Crippen molar-refractivity contribution < 1.29 is 0 Å². The first-order valence-corrected chi connectivity index (χ1v) is 5.26. The molecule has 0 spiro atoms. The molecular formula is C9H11IN4. The van der Waals surface area contributed by atoms with Crippen molar-refractivity contribution >= 4 is 28.3 Å². The molecular weight excluding hydrogens is 291 g/mol. The van der Waals surface area contributed by atoms with Gasteiger partial charge in [0.1, 0.15) is 3.70 Å². The highest BCUT2D eigenvalue weighted by Gasteiger charge is 2.11. The summed E-state index contributed by atoms with van der Waals surface area (Å²) in [4.78, 5) is 0. The molecule has 1 rings (SSSR count). The molecule has 0 radical (unpaired) electrons. The van der Waals surface area contributed by atoms with Crippen LogP contribution in [0.5, 0.6) is 0 Å². The summed E-state index contributed by atoms with van der Waals surface area (Å²) in [5.74, 6) is 0. The molecule has 74 valence electrons. The van der Waals surface area contributed by atoms with Crippen molar-refractivity contribution in [2.24, 2.45) is 12.8 Å². The maximum absolute atomic E-state index is 8.84. The summed E-state index contributed by atoms with van der Waals surface area (Å²) < 4.78 is 2.68. The minimum atomic E-state index is 0.535. The Balaban J connectivity index is 3.25. The van der Waals surface area contributed by atoms with E-state index in [9.17, 15) is 0 Å². The van der Waals surface area contributed by atoms with Crippen LogP contribution in [0, 0.1) is 15.0 Å². The van der Waals surface area contributed by atoms with Gasteiger partial charge in [-0.15, -0.1) is 0 Å². The molecule has 5 heteroatoms. The van der Waals surface area contributed by atoms with Gasteiger partial charge in [0.05, 0.1) is 29.1 Å². The average molecular weight is 302 g/mol. The number of hydrogen-bond donors (Lipinski definition) is 1. The summed E-state index contributed by atoms with van der Waals surface area (Å²) in [6, 6.07) is 2.10. The first-order chi connectivity index (χ1) is 6.61. The Morgan fingerprint density at radius 2 is 2.43 bits per heavy atom. The first-order valence-electron chi connectivity index (χ1n) is 4.18. The van der Waals surface area contributed by atoms with Gasteiger partial charge in [0, 0.05) is 7.05 Å². The van der Waals surface area contributed by atoms with E-state index in [2.05, 4.69) is 33.8 Å². The quantitative estimate of drug-likeness (QED) is 0.667. The number of halogens is 1. The van der Waals surface area contributed by atoms with Crippen molar-refractivity contribution in [1.82, 2.24) is 9.78 Å². The van der Waals surface area contributed by atoms with E-state index in [0.717, 1.165) is 9.26 Å². The molecule has 14 heavy (non-hydrogen) atoms. The maximum Gasteiger partial charge on any atom is 0.108 e. The molecule has 0 aliphatic heterocycles. The van der Waals surface area contributed by atoms with Crippen molar-refractivity contribution in [2.75, 3.05) is 0 Å². The van der Waals surface area contributed by atoms with Crippen LogP contribution in [0.3, 0.4) is 0 Å². The minimum Gasteiger partial charge on any atom is -0.397 e. The SMILES string of the molecule is CC/C(C#N)=C(\N)c1cnn(C)c1I. The molecule has 1 heterocycles. The Morgan fingerprint density at radius 1 is 1.79 bits per heavy atom. The first kappa shape index (κ1) is 11.0. The molecule has 1 aromatic rings. The largest absolute Gasteiger partial charge is 0.397 e. The molecule has 0 saturated carbocycles. The van der Waals surface area contributed by atoms with Gasteiger partial charge < -0.3 is 5.73 Å². The van der Waals surface area contributed by atoms with Crippen molar-refractivity contribution in [2.45, 2.75) is 13.3 Å². The summed E-state index contributed by atoms with van der Waals surface area (Å²) >= 11 is 2.16. The van der Waals surface area contributed by atoms with Crippen LogP contribution in [0.15, 0.2) is 11.8 Å². The zero-order valence-electron chi connectivity index (χ0n) is 8.08. The van der Waals surface area contributed by atoms with Gasteiger partial charge in [-0.2, -0.15) is 10.4 Å². The molecule has 0 saturated heterocycles. The van der Waals surface area contributed by atoms with Gasteiger partial charge in [0.2, 0.25) is 0 Å². The summed E-state index contributed by atoms with van der Waals surface area (Å²) in [6.07, 6.45) is 2.33. The normalized spacial score (nSPS) is 12.1. The highest BCUT2D eigenvalue weighted by atomic mass is 127. The standard InChI is InChI=1S/C9H11IN4/c1-3-6(4-11)8(12)7-5-13-14(2)9(7)10/h5H,3,12H2,1-2H3/b8-6+. The third-order valence-electron chi connectivity index (χ3n) is 1.97. The maximum atomic E-state index is 8.84.